The lowest BCUT2D eigenvalue weighted by Crippen LogP contribution is -2.21. The van der Waals surface area contributed by atoms with Crippen LogP contribution in [0.5, 0.6) is 0 Å². The number of nitrogens with one attached hydrogen (secondary N) is 2. The molecule has 0 aliphatic heterocycles. The van der Waals surface area contributed by atoms with Crippen molar-refractivity contribution >= 4 is 11.3 Å². The van der Waals surface area contributed by atoms with Crippen LogP contribution >= 0.6 is 11.3 Å². The van der Waals surface area contributed by atoms with Crippen LogP contribution in [0.25, 0.3) is 0 Å². The van der Waals surface area contributed by atoms with Crippen molar-refractivity contribution in [1.29, 1.82) is 0 Å². The number of aromatic amines is 1. The summed E-state index contributed by atoms with van der Waals surface area (Å²) in [5.74, 6) is 0. The first-order chi connectivity index (χ1) is 8.20. The van der Waals surface area contributed by atoms with Crippen LogP contribution in [-0.4, -0.2) is 10.2 Å². The van der Waals surface area contributed by atoms with E-state index in [-0.39, 0.29) is 0 Å². The highest BCUT2D eigenvalue weighted by Crippen LogP contribution is 2.25. The second-order valence-electron chi connectivity index (χ2n) is 4.30. The van der Waals surface area contributed by atoms with E-state index in [0.29, 0.717) is 12.1 Å². The minimum absolute atomic E-state index is 0.316. The second-order valence-corrected chi connectivity index (χ2v) is 5.50. The summed E-state index contributed by atoms with van der Waals surface area (Å²) in [6.45, 7) is 6.57. The van der Waals surface area contributed by atoms with Gasteiger partial charge >= 0.3 is 0 Å². The molecule has 0 aliphatic rings. The predicted octanol–water partition coefficient (Wildman–Crippen LogP) is 3.45. The van der Waals surface area contributed by atoms with E-state index in [1.165, 1.54) is 15.3 Å². The highest BCUT2D eigenvalue weighted by molar-refractivity contribution is 7.12. The zero-order valence-corrected chi connectivity index (χ0v) is 11.3. The summed E-state index contributed by atoms with van der Waals surface area (Å²) in [5.41, 5.74) is 1.20. The third-order valence-corrected chi connectivity index (χ3v) is 4.39. The summed E-state index contributed by atoms with van der Waals surface area (Å²) < 4.78 is 0. The van der Waals surface area contributed by atoms with Crippen molar-refractivity contribution in [1.82, 2.24) is 15.5 Å². The van der Waals surface area contributed by atoms with E-state index >= 15 is 0 Å². The molecule has 2 aromatic heterocycles. The van der Waals surface area contributed by atoms with Gasteiger partial charge in [-0.15, -0.1) is 11.3 Å². The van der Waals surface area contributed by atoms with Gasteiger partial charge in [0.15, 0.2) is 0 Å². The Balaban J connectivity index is 1.99. The van der Waals surface area contributed by atoms with Gasteiger partial charge in [-0.2, -0.15) is 5.10 Å². The number of hydrogen-bond donors (Lipinski definition) is 2. The second kappa shape index (κ2) is 5.47. The molecule has 0 spiro atoms. The van der Waals surface area contributed by atoms with E-state index in [4.69, 9.17) is 0 Å². The number of H-pyrrole nitrogens is 1. The fourth-order valence-corrected chi connectivity index (χ4v) is 2.83. The zero-order chi connectivity index (χ0) is 12.3. The van der Waals surface area contributed by atoms with Gasteiger partial charge in [0.2, 0.25) is 0 Å². The Hall–Kier alpha value is -1.13. The van der Waals surface area contributed by atoms with E-state index in [1.54, 1.807) is 0 Å². The minimum Gasteiger partial charge on any atom is -0.303 e. The molecule has 0 bridgehead atoms. The summed E-state index contributed by atoms with van der Waals surface area (Å²) in [5, 5.41) is 10.4. The molecule has 92 valence electrons. The van der Waals surface area contributed by atoms with Crippen LogP contribution in [0.2, 0.25) is 0 Å². The molecule has 0 fully saturated rings. The maximum atomic E-state index is 3.98. The molecule has 0 saturated heterocycles. The topological polar surface area (TPSA) is 40.7 Å². The van der Waals surface area contributed by atoms with Crippen LogP contribution in [0.15, 0.2) is 24.5 Å². The van der Waals surface area contributed by atoms with E-state index < -0.39 is 0 Å². The van der Waals surface area contributed by atoms with Crippen LogP contribution in [0, 0.1) is 0 Å². The van der Waals surface area contributed by atoms with Crippen molar-refractivity contribution in [2.24, 2.45) is 0 Å². The molecule has 0 radical (unpaired) electrons. The molecule has 17 heavy (non-hydrogen) atoms. The average Bonchev–Trinajstić information content (AvgIpc) is 3.00. The van der Waals surface area contributed by atoms with Gasteiger partial charge in [0.25, 0.3) is 0 Å². The number of rotatable bonds is 5. The SMILES string of the molecule is CCc1ccc(C(C)NC(C)c2cn[nH]c2)s1. The Morgan fingerprint density at radius 3 is 2.76 bits per heavy atom. The van der Waals surface area contributed by atoms with Crippen molar-refractivity contribution in [3.63, 3.8) is 0 Å². The summed E-state index contributed by atoms with van der Waals surface area (Å²) in [6.07, 6.45) is 4.93. The lowest BCUT2D eigenvalue weighted by atomic mass is 10.1. The van der Waals surface area contributed by atoms with Crippen LogP contribution in [0.4, 0.5) is 0 Å². The summed E-state index contributed by atoms with van der Waals surface area (Å²) in [4.78, 5) is 2.85. The molecule has 2 heterocycles. The van der Waals surface area contributed by atoms with Crippen LogP contribution < -0.4 is 5.32 Å². The van der Waals surface area contributed by atoms with E-state index in [9.17, 15) is 0 Å². The van der Waals surface area contributed by atoms with Crippen LogP contribution in [0.1, 0.15) is 48.2 Å². The molecule has 0 amide bonds. The number of aromatic nitrogens is 2. The minimum atomic E-state index is 0.316. The standard InChI is InChI=1S/C13H19N3S/c1-4-12-5-6-13(17-12)10(3)16-9(2)11-7-14-15-8-11/h5-10,16H,4H2,1-3H3,(H,14,15). The van der Waals surface area contributed by atoms with Crippen LogP contribution in [0.3, 0.4) is 0 Å². The first-order valence-corrected chi connectivity index (χ1v) is 6.85. The summed E-state index contributed by atoms with van der Waals surface area (Å²) in [6, 6.07) is 5.14. The van der Waals surface area contributed by atoms with E-state index in [2.05, 4.69) is 48.4 Å². The molecule has 2 aromatic rings. The fraction of sp³-hybridized carbons (Fsp3) is 0.462. The molecule has 2 atom stereocenters. The quantitative estimate of drug-likeness (QED) is 0.852. The van der Waals surface area contributed by atoms with Crippen molar-refractivity contribution in [3.8, 4) is 0 Å². The van der Waals surface area contributed by atoms with E-state index in [1.807, 2.05) is 23.7 Å². The molecular formula is C13H19N3S. The number of hydrogen-bond acceptors (Lipinski definition) is 3. The molecule has 0 aromatic carbocycles. The Morgan fingerprint density at radius 2 is 2.18 bits per heavy atom. The highest BCUT2D eigenvalue weighted by Gasteiger charge is 2.13. The average molecular weight is 249 g/mol. The van der Waals surface area contributed by atoms with Crippen molar-refractivity contribution < 1.29 is 0 Å². The van der Waals surface area contributed by atoms with Gasteiger partial charge in [0.1, 0.15) is 0 Å². The van der Waals surface area contributed by atoms with Crippen molar-refractivity contribution in [2.75, 3.05) is 0 Å². The van der Waals surface area contributed by atoms with Crippen molar-refractivity contribution in [3.05, 3.63) is 39.8 Å². The highest BCUT2D eigenvalue weighted by atomic mass is 32.1. The van der Waals surface area contributed by atoms with Crippen LogP contribution in [-0.2, 0) is 6.42 Å². The maximum absolute atomic E-state index is 3.98. The lowest BCUT2D eigenvalue weighted by molar-refractivity contribution is 0.500. The number of aryl methyl sites for hydroxylation is 1. The molecule has 0 aliphatic carbocycles. The lowest BCUT2D eigenvalue weighted by Gasteiger charge is -2.17. The molecule has 0 saturated carbocycles. The number of thiophene rings is 1. The predicted molar refractivity (Wildman–Crippen MR) is 72.3 cm³/mol. The third-order valence-electron chi connectivity index (χ3n) is 2.98. The van der Waals surface area contributed by atoms with Gasteiger partial charge in [-0.25, -0.2) is 0 Å². The molecule has 2 rings (SSSR count). The first-order valence-electron chi connectivity index (χ1n) is 6.04. The molecular weight excluding hydrogens is 230 g/mol. The van der Waals surface area contributed by atoms with E-state index in [0.717, 1.165) is 6.42 Å². The zero-order valence-electron chi connectivity index (χ0n) is 10.5. The normalized spacial score (nSPS) is 14.8. The Kier molecular flexibility index (Phi) is 3.97. The van der Waals surface area contributed by atoms with Gasteiger partial charge in [-0.05, 0) is 32.4 Å². The summed E-state index contributed by atoms with van der Waals surface area (Å²) in [7, 11) is 0. The smallest absolute Gasteiger partial charge is 0.0534 e. The van der Waals surface area contributed by atoms with Gasteiger partial charge < -0.3 is 5.32 Å². The van der Waals surface area contributed by atoms with Gasteiger partial charge in [0, 0.05) is 33.6 Å². The number of nitrogens with zero attached hydrogens (tertiary/aromatic N) is 1. The Bertz CT molecular complexity index is 447. The molecule has 4 heteroatoms. The Labute approximate surface area is 106 Å². The molecule has 2 unspecified atom stereocenters. The van der Waals surface area contributed by atoms with Gasteiger partial charge in [-0.1, -0.05) is 6.92 Å². The first kappa shape index (κ1) is 12.3. The fourth-order valence-electron chi connectivity index (χ4n) is 1.87. The molecule has 2 N–H and O–H groups in total. The molecule has 3 nitrogen and oxygen atoms in total. The monoisotopic (exact) mass is 249 g/mol. The van der Waals surface area contributed by atoms with Crippen molar-refractivity contribution in [2.45, 2.75) is 39.3 Å². The van der Waals surface area contributed by atoms with Gasteiger partial charge in [0.05, 0.1) is 6.20 Å². The largest absolute Gasteiger partial charge is 0.303 e. The Morgan fingerprint density at radius 1 is 1.35 bits per heavy atom. The third kappa shape index (κ3) is 2.96. The maximum Gasteiger partial charge on any atom is 0.0534 e. The van der Waals surface area contributed by atoms with Gasteiger partial charge in [-0.3, -0.25) is 5.10 Å². The summed E-state index contributed by atoms with van der Waals surface area (Å²) >= 11 is 1.89.